The number of nitrogens with zero attached hydrogens (tertiary/aromatic N) is 1. The number of unbranched alkanes of at least 4 members (excludes halogenated alkanes) is 2. The summed E-state index contributed by atoms with van der Waals surface area (Å²) in [6.07, 6.45) is 8.53. The third-order valence-corrected chi connectivity index (χ3v) is 3.73. The van der Waals surface area contributed by atoms with Gasteiger partial charge in [-0.2, -0.15) is 11.8 Å². The maximum absolute atomic E-state index is 11.5. The normalized spacial score (nSPS) is 14.2. The number of hydrogen-bond donors (Lipinski definition) is 1. The highest BCUT2D eigenvalue weighted by Crippen LogP contribution is 2.07. The van der Waals surface area contributed by atoms with E-state index in [4.69, 9.17) is 0 Å². The van der Waals surface area contributed by atoms with Crippen molar-refractivity contribution >= 4 is 29.5 Å². The van der Waals surface area contributed by atoms with Gasteiger partial charge in [0.2, 0.25) is 5.91 Å². The van der Waals surface area contributed by atoms with E-state index in [1.165, 1.54) is 17.1 Å². The molecule has 0 unspecified atom stereocenters. The summed E-state index contributed by atoms with van der Waals surface area (Å²) in [5.74, 6) is 0.677. The molecule has 5 nitrogen and oxygen atoms in total. The van der Waals surface area contributed by atoms with Crippen molar-refractivity contribution in [1.82, 2.24) is 10.2 Å². The largest absolute Gasteiger partial charge is 0.356 e. The SMILES string of the molecule is CSCCCNC(=O)CCCCCN1C(=O)C=CC1=O. The summed E-state index contributed by atoms with van der Waals surface area (Å²) in [5.41, 5.74) is 0. The number of hydrogen-bond acceptors (Lipinski definition) is 4. The Labute approximate surface area is 124 Å². The van der Waals surface area contributed by atoms with Crippen LogP contribution in [0.5, 0.6) is 0 Å². The van der Waals surface area contributed by atoms with Gasteiger partial charge < -0.3 is 5.32 Å². The molecule has 20 heavy (non-hydrogen) atoms. The van der Waals surface area contributed by atoms with Gasteiger partial charge in [0.25, 0.3) is 11.8 Å². The maximum Gasteiger partial charge on any atom is 0.253 e. The molecule has 0 aromatic heterocycles. The van der Waals surface area contributed by atoms with Crippen LogP contribution in [0.2, 0.25) is 0 Å². The van der Waals surface area contributed by atoms with Crippen molar-refractivity contribution in [3.05, 3.63) is 12.2 Å². The highest BCUT2D eigenvalue weighted by atomic mass is 32.2. The summed E-state index contributed by atoms with van der Waals surface area (Å²) in [7, 11) is 0. The van der Waals surface area contributed by atoms with Gasteiger partial charge >= 0.3 is 0 Å². The zero-order chi connectivity index (χ0) is 14.8. The monoisotopic (exact) mass is 298 g/mol. The molecule has 0 saturated carbocycles. The van der Waals surface area contributed by atoms with Gasteiger partial charge in [-0.25, -0.2) is 0 Å². The zero-order valence-corrected chi connectivity index (χ0v) is 12.7. The first kappa shape index (κ1) is 16.8. The molecular formula is C14H22N2O3S. The molecule has 0 aromatic rings. The van der Waals surface area contributed by atoms with Crippen LogP contribution >= 0.6 is 11.8 Å². The van der Waals surface area contributed by atoms with Gasteiger partial charge in [-0.15, -0.1) is 0 Å². The molecule has 0 atom stereocenters. The van der Waals surface area contributed by atoms with E-state index in [0.29, 0.717) is 13.0 Å². The lowest BCUT2D eigenvalue weighted by molar-refractivity contribution is -0.136. The number of thioether (sulfide) groups is 1. The van der Waals surface area contributed by atoms with Gasteiger partial charge in [0, 0.05) is 31.7 Å². The highest BCUT2D eigenvalue weighted by molar-refractivity contribution is 7.98. The number of rotatable bonds is 10. The minimum absolute atomic E-state index is 0.0843. The van der Waals surface area contributed by atoms with Crippen LogP contribution in [0.15, 0.2) is 12.2 Å². The second kappa shape index (κ2) is 9.58. The first-order valence-corrected chi connectivity index (χ1v) is 8.33. The summed E-state index contributed by atoms with van der Waals surface area (Å²) in [6, 6.07) is 0. The van der Waals surface area contributed by atoms with E-state index in [2.05, 4.69) is 5.32 Å². The molecule has 0 radical (unpaired) electrons. The first-order valence-electron chi connectivity index (χ1n) is 6.94. The molecule has 0 bridgehead atoms. The van der Waals surface area contributed by atoms with Crippen molar-refractivity contribution in [3.8, 4) is 0 Å². The van der Waals surface area contributed by atoms with Gasteiger partial charge in [-0.3, -0.25) is 19.3 Å². The number of carbonyl (C=O) groups is 3. The van der Waals surface area contributed by atoms with E-state index in [1.807, 2.05) is 6.26 Å². The van der Waals surface area contributed by atoms with Crippen LogP contribution in [-0.4, -0.2) is 47.7 Å². The van der Waals surface area contributed by atoms with Crippen LogP contribution in [0.25, 0.3) is 0 Å². The fourth-order valence-electron chi connectivity index (χ4n) is 1.92. The van der Waals surface area contributed by atoms with Crippen LogP contribution in [-0.2, 0) is 14.4 Å². The summed E-state index contributed by atoms with van der Waals surface area (Å²) in [4.78, 5) is 35.3. The Hall–Kier alpha value is -1.30. The number of amides is 3. The van der Waals surface area contributed by atoms with Gasteiger partial charge in [-0.1, -0.05) is 6.42 Å². The Morgan fingerprint density at radius 1 is 1.15 bits per heavy atom. The molecule has 0 aromatic carbocycles. The van der Waals surface area contributed by atoms with E-state index in [9.17, 15) is 14.4 Å². The fraction of sp³-hybridized carbons (Fsp3) is 0.643. The second-order valence-electron chi connectivity index (χ2n) is 4.67. The Bertz CT molecular complexity index is 365. The van der Waals surface area contributed by atoms with Crippen molar-refractivity contribution in [3.63, 3.8) is 0 Å². The molecular weight excluding hydrogens is 276 g/mol. The van der Waals surface area contributed by atoms with Crippen LogP contribution in [0.4, 0.5) is 0 Å². The van der Waals surface area contributed by atoms with Crippen LogP contribution < -0.4 is 5.32 Å². The third-order valence-electron chi connectivity index (χ3n) is 3.03. The van der Waals surface area contributed by atoms with E-state index < -0.39 is 0 Å². The average Bonchev–Trinajstić information content (AvgIpc) is 2.74. The fourth-order valence-corrected chi connectivity index (χ4v) is 2.35. The average molecular weight is 298 g/mol. The Morgan fingerprint density at radius 3 is 2.50 bits per heavy atom. The topological polar surface area (TPSA) is 66.5 Å². The Balaban J connectivity index is 1.98. The Morgan fingerprint density at radius 2 is 1.85 bits per heavy atom. The molecule has 1 heterocycles. The molecule has 1 aliphatic rings. The molecule has 1 aliphatic heterocycles. The summed E-state index contributed by atoms with van der Waals surface area (Å²) >= 11 is 1.77. The van der Waals surface area contributed by atoms with Gasteiger partial charge in [0.1, 0.15) is 0 Å². The van der Waals surface area contributed by atoms with E-state index in [-0.39, 0.29) is 17.7 Å². The quantitative estimate of drug-likeness (QED) is 0.488. The van der Waals surface area contributed by atoms with E-state index in [0.717, 1.165) is 38.0 Å². The van der Waals surface area contributed by atoms with Gasteiger partial charge in [-0.05, 0) is 31.3 Å². The lowest BCUT2D eigenvalue weighted by Crippen LogP contribution is -2.30. The van der Waals surface area contributed by atoms with Crippen molar-refractivity contribution in [2.75, 3.05) is 25.1 Å². The molecule has 1 rings (SSSR count). The molecule has 1 N–H and O–H groups in total. The van der Waals surface area contributed by atoms with Gasteiger partial charge in [0.15, 0.2) is 0 Å². The zero-order valence-electron chi connectivity index (χ0n) is 11.9. The van der Waals surface area contributed by atoms with Crippen molar-refractivity contribution in [2.45, 2.75) is 32.1 Å². The molecule has 112 valence electrons. The van der Waals surface area contributed by atoms with Crippen molar-refractivity contribution in [2.24, 2.45) is 0 Å². The van der Waals surface area contributed by atoms with Crippen molar-refractivity contribution < 1.29 is 14.4 Å². The van der Waals surface area contributed by atoms with Crippen LogP contribution in [0, 0.1) is 0 Å². The number of imide groups is 1. The molecule has 3 amide bonds. The second-order valence-corrected chi connectivity index (χ2v) is 5.65. The molecule has 0 fully saturated rings. The number of nitrogens with one attached hydrogen (secondary N) is 1. The third kappa shape index (κ3) is 6.23. The lowest BCUT2D eigenvalue weighted by Gasteiger charge is -2.13. The van der Waals surface area contributed by atoms with Crippen LogP contribution in [0.1, 0.15) is 32.1 Å². The summed E-state index contributed by atoms with van der Waals surface area (Å²) in [5, 5.41) is 2.88. The number of carbonyl (C=O) groups excluding carboxylic acids is 3. The molecule has 0 spiro atoms. The maximum atomic E-state index is 11.5. The highest BCUT2D eigenvalue weighted by Gasteiger charge is 2.22. The van der Waals surface area contributed by atoms with Crippen molar-refractivity contribution in [1.29, 1.82) is 0 Å². The minimum atomic E-state index is -0.235. The molecule has 0 aliphatic carbocycles. The summed E-state index contributed by atoms with van der Waals surface area (Å²) in [6.45, 7) is 1.18. The Kier molecular flexibility index (Phi) is 8.02. The summed E-state index contributed by atoms with van der Waals surface area (Å²) < 4.78 is 0. The molecule has 0 saturated heterocycles. The first-order chi connectivity index (χ1) is 9.65. The standard InChI is InChI=1S/C14H22N2O3S/c1-20-11-5-9-15-12(17)6-3-2-4-10-16-13(18)7-8-14(16)19/h7-8H,2-6,9-11H2,1H3,(H,15,17). The predicted molar refractivity (Wildman–Crippen MR) is 80.3 cm³/mol. The smallest absolute Gasteiger partial charge is 0.253 e. The van der Waals surface area contributed by atoms with E-state index in [1.54, 1.807) is 11.8 Å². The predicted octanol–water partition coefficient (Wildman–Crippen LogP) is 1.34. The minimum Gasteiger partial charge on any atom is -0.356 e. The molecule has 6 heteroatoms. The van der Waals surface area contributed by atoms with Crippen LogP contribution in [0.3, 0.4) is 0 Å². The van der Waals surface area contributed by atoms with E-state index >= 15 is 0 Å². The lowest BCUT2D eigenvalue weighted by atomic mass is 10.2. The van der Waals surface area contributed by atoms with Gasteiger partial charge in [0.05, 0.1) is 0 Å².